The van der Waals surface area contributed by atoms with Crippen molar-refractivity contribution in [1.29, 1.82) is 0 Å². The molecule has 4 nitrogen and oxygen atoms in total. The SMILES string of the molecule is CCOC(=O)c1c(N)sc(C(C)O)c1C. The Morgan fingerprint density at radius 1 is 1.67 bits per heavy atom. The lowest BCUT2D eigenvalue weighted by atomic mass is 10.1. The van der Waals surface area contributed by atoms with Crippen molar-refractivity contribution >= 4 is 22.3 Å². The third kappa shape index (κ3) is 2.30. The van der Waals surface area contributed by atoms with Gasteiger partial charge >= 0.3 is 5.97 Å². The third-order valence-corrected chi connectivity index (χ3v) is 3.36. The van der Waals surface area contributed by atoms with E-state index in [0.717, 1.165) is 4.88 Å². The molecule has 0 aliphatic carbocycles. The zero-order valence-corrected chi connectivity index (χ0v) is 9.85. The van der Waals surface area contributed by atoms with Gasteiger partial charge in [0.2, 0.25) is 0 Å². The molecule has 1 aromatic heterocycles. The number of rotatable bonds is 3. The molecule has 0 saturated heterocycles. The van der Waals surface area contributed by atoms with E-state index in [1.165, 1.54) is 11.3 Å². The number of hydrogen-bond acceptors (Lipinski definition) is 5. The van der Waals surface area contributed by atoms with Gasteiger partial charge in [0.1, 0.15) is 5.00 Å². The second-order valence-corrected chi connectivity index (χ2v) is 4.31. The molecule has 1 atom stereocenters. The van der Waals surface area contributed by atoms with Crippen LogP contribution in [0.25, 0.3) is 0 Å². The molecule has 0 spiro atoms. The number of aliphatic hydroxyl groups is 1. The van der Waals surface area contributed by atoms with Crippen LogP contribution in [-0.2, 0) is 4.74 Å². The number of carbonyl (C=O) groups excluding carboxylic acids is 1. The van der Waals surface area contributed by atoms with Crippen molar-refractivity contribution in [3.63, 3.8) is 0 Å². The number of ether oxygens (including phenoxy) is 1. The fourth-order valence-electron chi connectivity index (χ4n) is 1.41. The van der Waals surface area contributed by atoms with Crippen molar-refractivity contribution in [2.45, 2.75) is 26.9 Å². The monoisotopic (exact) mass is 229 g/mol. The Labute approximate surface area is 92.7 Å². The molecule has 3 N–H and O–H groups in total. The summed E-state index contributed by atoms with van der Waals surface area (Å²) in [5.41, 5.74) is 6.82. The molecule has 0 saturated carbocycles. The van der Waals surface area contributed by atoms with Gasteiger partial charge in [-0.15, -0.1) is 11.3 Å². The Morgan fingerprint density at radius 3 is 2.67 bits per heavy atom. The number of nitrogen functional groups attached to an aromatic ring is 1. The minimum atomic E-state index is -0.611. The molecule has 0 fully saturated rings. The van der Waals surface area contributed by atoms with Crippen LogP contribution in [0.3, 0.4) is 0 Å². The lowest BCUT2D eigenvalue weighted by Gasteiger charge is -2.04. The van der Waals surface area contributed by atoms with Crippen LogP contribution in [-0.4, -0.2) is 17.7 Å². The number of carbonyl (C=O) groups is 1. The van der Waals surface area contributed by atoms with Crippen LogP contribution in [0, 0.1) is 6.92 Å². The van der Waals surface area contributed by atoms with Gasteiger partial charge in [0.15, 0.2) is 0 Å². The van der Waals surface area contributed by atoms with E-state index in [9.17, 15) is 9.90 Å². The second kappa shape index (κ2) is 4.63. The highest BCUT2D eigenvalue weighted by Gasteiger charge is 2.22. The van der Waals surface area contributed by atoms with E-state index in [1.54, 1.807) is 20.8 Å². The highest BCUT2D eigenvalue weighted by Crippen LogP contribution is 2.34. The van der Waals surface area contributed by atoms with Gasteiger partial charge in [0, 0.05) is 4.88 Å². The molecule has 1 unspecified atom stereocenters. The van der Waals surface area contributed by atoms with Crippen molar-refractivity contribution in [2.24, 2.45) is 0 Å². The number of hydrogen-bond donors (Lipinski definition) is 2. The normalized spacial score (nSPS) is 12.5. The maximum atomic E-state index is 11.5. The van der Waals surface area contributed by atoms with Gasteiger partial charge in [0.25, 0.3) is 0 Å². The molecule has 0 aromatic carbocycles. The summed E-state index contributed by atoms with van der Waals surface area (Å²) < 4.78 is 4.89. The molecule has 15 heavy (non-hydrogen) atoms. The van der Waals surface area contributed by atoms with Crippen LogP contribution in [0.2, 0.25) is 0 Å². The summed E-state index contributed by atoms with van der Waals surface area (Å²) in [6, 6.07) is 0. The van der Waals surface area contributed by atoms with Crippen molar-refractivity contribution in [1.82, 2.24) is 0 Å². The molecule has 0 aliphatic heterocycles. The zero-order valence-electron chi connectivity index (χ0n) is 9.03. The molecule has 84 valence electrons. The fourth-order valence-corrected chi connectivity index (χ4v) is 2.41. The standard InChI is InChI=1S/C10H15NO3S/c1-4-14-10(13)7-5(2)8(6(3)12)15-9(7)11/h6,12H,4,11H2,1-3H3. The molecule has 0 aliphatic rings. The van der Waals surface area contributed by atoms with E-state index >= 15 is 0 Å². The summed E-state index contributed by atoms with van der Waals surface area (Å²) in [6.07, 6.45) is -0.611. The first-order chi connectivity index (χ1) is 6.99. The second-order valence-electron chi connectivity index (χ2n) is 3.23. The zero-order chi connectivity index (χ0) is 11.6. The smallest absolute Gasteiger partial charge is 0.341 e. The predicted molar refractivity (Wildman–Crippen MR) is 60.1 cm³/mol. The average molecular weight is 229 g/mol. The lowest BCUT2D eigenvalue weighted by Crippen LogP contribution is -2.07. The van der Waals surface area contributed by atoms with Gasteiger partial charge in [-0.1, -0.05) is 0 Å². The highest BCUT2D eigenvalue weighted by molar-refractivity contribution is 7.16. The first kappa shape index (κ1) is 12.0. The minimum Gasteiger partial charge on any atom is -0.462 e. The maximum Gasteiger partial charge on any atom is 0.341 e. The summed E-state index contributed by atoms with van der Waals surface area (Å²) in [5.74, 6) is -0.421. The van der Waals surface area contributed by atoms with E-state index < -0.39 is 12.1 Å². The maximum absolute atomic E-state index is 11.5. The van der Waals surface area contributed by atoms with Gasteiger partial charge in [0.05, 0.1) is 18.3 Å². The van der Waals surface area contributed by atoms with Crippen LogP contribution < -0.4 is 5.73 Å². The average Bonchev–Trinajstić information content (AvgIpc) is 2.42. The molecule has 0 amide bonds. The fraction of sp³-hybridized carbons (Fsp3) is 0.500. The molecule has 0 radical (unpaired) electrons. The van der Waals surface area contributed by atoms with Gasteiger partial charge in [-0.2, -0.15) is 0 Å². The van der Waals surface area contributed by atoms with E-state index in [4.69, 9.17) is 10.5 Å². The van der Waals surface area contributed by atoms with Crippen LogP contribution in [0.15, 0.2) is 0 Å². The van der Waals surface area contributed by atoms with Crippen molar-refractivity contribution in [3.8, 4) is 0 Å². The van der Waals surface area contributed by atoms with Crippen molar-refractivity contribution in [3.05, 3.63) is 16.0 Å². The van der Waals surface area contributed by atoms with E-state index in [2.05, 4.69) is 0 Å². The third-order valence-electron chi connectivity index (χ3n) is 2.07. The summed E-state index contributed by atoms with van der Waals surface area (Å²) in [5, 5.41) is 9.86. The summed E-state index contributed by atoms with van der Waals surface area (Å²) >= 11 is 1.23. The van der Waals surface area contributed by atoms with Crippen LogP contribution in [0.5, 0.6) is 0 Å². The largest absolute Gasteiger partial charge is 0.462 e. The van der Waals surface area contributed by atoms with Crippen LogP contribution >= 0.6 is 11.3 Å². The molecule has 1 aromatic rings. The Balaban J connectivity index is 3.13. The molecule has 0 bridgehead atoms. The lowest BCUT2D eigenvalue weighted by molar-refractivity contribution is 0.0527. The number of nitrogens with two attached hydrogens (primary N) is 1. The van der Waals surface area contributed by atoms with Gasteiger partial charge in [-0.25, -0.2) is 4.79 Å². The topological polar surface area (TPSA) is 72.5 Å². The highest BCUT2D eigenvalue weighted by atomic mass is 32.1. The molecular formula is C10H15NO3S. The van der Waals surface area contributed by atoms with Crippen LogP contribution in [0.4, 0.5) is 5.00 Å². The Morgan fingerprint density at radius 2 is 2.27 bits per heavy atom. The van der Waals surface area contributed by atoms with Gasteiger partial charge in [-0.05, 0) is 26.3 Å². The Kier molecular flexibility index (Phi) is 3.71. The summed E-state index contributed by atoms with van der Waals surface area (Å²) in [7, 11) is 0. The number of aliphatic hydroxyl groups excluding tert-OH is 1. The molecule has 1 heterocycles. The van der Waals surface area contributed by atoms with Gasteiger partial charge in [-0.3, -0.25) is 0 Å². The predicted octanol–water partition coefficient (Wildman–Crippen LogP) is 1.87. The molecular weight excluding hydrogens is 214 g/mol. The number of thiophene rings is 1. The Hall–Kier alpha value is -1.07. The van der Waals surface area contributed by atoms with E-state index in [1.807, 2.05) is 0 Å². The van der Waals surface area contributed by atoms with Crippen LogP contribution in [0.1, 0.15) is 40.8 Å². The van der Waals surface area contributed by atoms with E-state index in [0.29, 0.717) is 22.7 Å². The minimum absolute atomic E-state index is 0.317. The Bertz CT molecular complexity index is 371. The van der Waals surface area contributed by atoms with E-state index in [-0.39, 0.29) is 0 Å². The van der Waals surface area contributed by atoms with Crippen molar-refractivity contribution < 1.29 is 14.6 Å². The number of esters is 1. The number of anilines is 1. The molecule has 5 heteroatoms. The first-order valence-corrected chi connectivity index (χ1v) is 5.54. The molecule has 1 rings (SSSR count). The summed E-state index contributed by atoms with van der Waals surface area (Å²) in [6.45, 7) is 5.47. The first-order valence-electron chi connectivity index (χ1n) is 4.73. The van der Waals surface area contributed by atoms with Gasteiger partial charge < -0.3 is 15.6 Å². The quantitative estimate of drug-likeness (QED) is 0.776. The van der Waals surface area contributed by atoms with Crippen molar-refractivity contribution in [2.75, 3.05) is 12.3 Å². The summed E-state index contributed by atoms with van der Waals surface area (Å²) in [4.78, 5) is 12.3.